The summed E-state index contributed by atoms with van der Waals surface area (Å²) in [6.07, 6.45) is 7.19. The van der Waals surface area contributed by atoms with E-state index < -0.39 is 0 Å². The summed E-state index contributed by atoms with van der Waals surface area (Å²) < 4.78 is 0. The van der Waals surface area contributed by atoms with E-state index in [1.807, 2.05) is 19.1 Å². The fraction of sp³-hybridized carbons (Fsp3) is 0.526. The van der Waals surface area contributed by atoms with E-state index in [-0.39, 0.29) is 11.7 Å². The summed E-state index contributed by atoms with van der Waals surface area (Å²) in [5, 5.41) is 12.7. The third kappa shape index (κ3) is 4.90. The zero-order chi connectivity index (χ0) is 16.1. The van der Waals surface area contributed by atoms with Crippen molar-refractivity contribution in [2.24, 2.45) is 5.92 Å². The third-order valence-corrected chi connectivity index (χ3v) is 4.33. The molecule has 120 valence electrons. The van der Waals surface area contributed by atoms with Crippen molar-refractivity contribution in [3.63, 3.8) is 0 Å². The fourth-order valence-electron chi connectivity index (χ4n) is 3.19. The second-order valence-electron chi connectivity index (χ2n) is 6.72. The topological polar surface area (TPSA) is 49.3 Å². The molecule has 0 spiro atoms. The first-order chi connectivity index (χ1) is 10.4. The molecule has 1 fully saturated rings. The van der Waals surface area contributed by atoms with Crippen molar-refractivity contribution < 1.29 is 9.90 Å². The highest BCUT2D eigenvalue weighted by Crippen LogP contribution is 2.26. The lowest BCUT2D eigenvalue weighted by atomic mass is 9.85. The lowest BCUT2D eigenvalue weighted by molar-refractivity contribution is -0.121. The van der Waals surface area contributed by atoms with Gasteiger partial charge < -0.3 is 10.4 Å². The maximum absolute atomic E-state index is 12.2. The Kier molecular flexibility index (Phi) is 5.64. The third-order valence-electron chi connectivity index (χ3n) is 4.33. The highest BCUT2D eigenvalue weighted by molar-refractivity contribution is 5.79. The number of nitrogens with one attached hydrogen (secondary N) is 1. The SMILES string of the molecule is CC(C)=CC1CCC(NC(=O)Cc2ccc(O)c(C)c2)CC1. The van der Waals surface area contributed by atoms with E-state index in [1.165, 1.54) is 5.57 Å². The molecule has 0 heterocycles. The summed E-state index contributed by atoms with van der Waals surface area (Å²) in [5.74, 6) is 1.04. The van der Waals surface area contributed by atoms with Crippen molar-refractivity contribution in [2.75, 3.05) is 0 Å². The van der Waals surface area contributed by atoms with Gasteiger partial charge in [-0.2, -0.15) is 0 Å². The molecule has 3 nitrogen and oxygen atoms in total. The Morgan fingerprint density at radius 2 is 1.95 bits per heavy atom. The maximum atomic E-state index is 12.2. The van der Waals surface area contributed by atoms with Crippen LogP contribution in [-0.2, 0) is 11.2 Å². The number of carbonyl (C=O) groups excluding carboxylic acids is 1. The summed E-state index contributed by atoms with van der Waals surface area (Å²) >= 11 is 0. The summed E-state index contributed by atoms with van der Waals surface area (Å²) in [6, 6.07) is 5.66. The monoisotopic (exact) mass is 301 g/mol. The molecule has 0 atom stereocenters. The van der Waals surface area contributed by atoms with E-state index in [1.54, 1.807) is 6.07 Å². The fourth-order valence-corrected chi connectivity index (χ4v) is 3.19. The zero-order valence-electron chi connectivity index (χ0n) is 13.9. The van der Waals surface area contributed by atoms with Gasteiger partial charge >= 0.3 is 0 Å². The van der Waals surface area contributed by atoms with Crippen LogP contribution in [0.4, 0.5) is 0 Å². The standard InChI is InChI=1S/C19H27NO2/c1-13(2)10-15-4-7-17(8-5-15)20-19(22)12-16-6-9-18(21)14(3)11-16/h6,9-11,15,17,21H,4-5,7-8,12H2,1-3H3,(H,20,22). The van der Waals surface area contributed by atoms with Crippen molar-refractivity contribution >= 4 is 5.91 Å². The van der Waals surface area contributed by atoms with Crippen molar-refractivity contribution in [2.45, 2.75) is 58.9 Å². The molecule has 2 N–H and O–H groups in total. The first kappa shape index (κ1) is 16.6. The molecule has 1 aromatic carbocycles. The predicted octanol–water partition coefficient (Wildman–Crippen LogP) is 3.88. The molecule has 0 bridgehead atoms. The van der Waals surface area contributed by atoms with Gasteiger partial charge in [-0.25, -0.2) is 0 Å². The number of amides is 1. The van der Waals surface area contributed by atoms with Crippen molar-refractivity contribution in [3.8, 4) is 5.75 Å². The van der Waals surface area contributed by atoms with Crippen LogP contribution in [0.5, 0.6) is 5.75 Å². The Morgan fingerprint density at radius 3 is 2.55 bits per heavy atom. The minimum absolute atomic E-state index is 0.0794. The number of phenols is 1. The van der Waals surface area contributed by atoms with E-state index >= 15 is 0 Å². The summed E-state index contributed by atoms with van der Waals surface area (Å²) in [7, 11) is 0. The minimum atomic E-state index is 0.0794. The molecule has 1 amide bonds. The Balaban J connectivity index is 1.81. The summed E-state index contributed by atoms with van der Waals surface area (Å²) in [6.45, 7) is 6.14. The average molecular weight is 301 g/mol. The lowest BCUT2D eigenvalue weighted by Crippen LogP contribution is -2.38. The van der Waals surface area contributed by atoms with E-state index in [4.69, 9.17) is 0 Å². The van der Waals surface area contributed by atoms with Crippen molar-refractivity contribution in [1.82, 2.24) is 5.32 Å². The van der Waals surface area contributed by atoms with Crippen LogP contribution in [0.25, 0.3) is 0 Å². The quantitative estimate of drug-likeness (QED) is 0.829. The normalized spacial score (nSPS) is 21.2. The molecule has 0 aromatic heterocycles. The number of hydrogen-bond acceptors (Lipinski definition) is 2. The van der Waals surface area contributed by atoms with Gasteiger partial charge in [-0.3, -0.25) is 4.79 Å². The molecule has 0 saturated heterocycles. The van der Waals surface area contributed by atoms with Crippen LogP contribution in [0.3, 0.4) is 0 Å². The van der Waals surface area contributed by atoms with Crippen molar-refractivity contribution in [1.29, 1.82) is 0 Å². The minimum Gasteiger partial charge on any atom is -0.508 e. The first-order valence-electron chi connectivity index (χ1n) is 8.17. The molecule has 1 aliphatic rings. The molecular weight excluding hydrogens is 274 g/mol. The van der Waals surface area contributed by atoms with Crippen LogP contribution in [0, 0.1) is 12.8 Å². The largest absolute Gasteiger partial charge is 0.508 e. The number of aromatic hydroxyl groups is 1. The number of rotatable bonds is 4. The molecule has 0 unspecified atom stereocenters. The Morgan fingerprint density at radius 1 is 1.27 bits per heavy atom. The Bertz CT molecular complexity index is 551. The van der Waals surface area contributed by atoms with Gasteiger partial charge in [-0.05, 0) is 69.6 Å². The Hall–Kier alpha value is -1.77. The second kappa shape index (κ2) is 7.48. The molecule has 1 aromatic rings. The van der Waals surface area contributed by atoms with Crippen LogP contribution in [-0.4, -0.2) is 17.1 Å². The summed E-state index contributed by atoms with van der Waals surface area (Å²) in [5.41, 5.74) is 3.15. The van der Waals surface area contributed by atoms with Crippen LogP contribution < -0.4 is 5.32 Å². The van der Waals surface area contributed by atoms with Gasteiger partial charge in [0.2, 0.25) is 5.91 Å². The highest BCUT2D eigenvalue weighted by atomic mass is 16.3. The Labute approximate surface area is 133 Å². The van der Waals surface area contributed by atoms with E-state index in [0.717, 1.165) is 36.8 Å². The zero-order valence-corrected chi connectivity index (χ0v) is 13.9. The maximum Gasteiger partial charge on any atom is 0.224 e. The molecule has 22 heavy (non-hydrogen) atoms. The predicted molar refractivity (Wildman–Crippen MR) is 89.9 cm³/mol. The molecule has 0 radical (unpaired) electrons. The van der Waals surface area contributed by atoms with Crippen LogP contribution >= 0.6 is 0 Å². The van der Waals surface area contributed by atoms with E-state index in [9.17, 15) is 9.90 Å². The number of aryl methyl sites for hydroxylation is 1. The smallest absolute Gasteiger partial charge is 0.224 e. The van der Waals surface area contributed by atoms with Gasteiger partial charge in [0.15, 0.2) is 0 Å². The number of phenolic OH excluding ortho intramolecular Hbond substituents is 1. The number of allylic oxidation sites excluding steroid dienone is 2. The number of hydrogen-bond donors (Lipinski definition) is 2. The molecular formula is C19H27NO2. The van der Waals surface area contributed by atoms with Crippen LogP contribution in [0.15, 0.2) is 29.8 Å². The van der Waals surface area contributed by atoms with Gasteiger partial charge in [0.1, 0.15) is 5.75 Å². The molecule has 2 rings (SSSR count). The number of carbonyl (C=O) groups is 1. The van der Waals surface area contributed by atoms with Crippen LogP contribution in [0.1, 0.15) is 50.7 Å². The van der Waals surface area contributed by atoms with Crippen LogP contribution in [0.2, 0.25) is 0 Å². The highest BCUT2D eigenvalue weighted by Gasteiger charge is 2.21. The van der Waals surface area contributed by atoms with E-state index in [2.05, 4.69) is 25.2 Å². The van der Waals surface area contributed by atoms with Gasteiger partial charge in [0, 0.05) is 6.04 Å². The first-order valence-corrected chi connectivity index (χ1v) is 8.17. The molecule has 1 aliphatic carbocycles. The number of benzene rings is 1. The van der Waals surface area contributed by atoms with Gasteiger partial charge in [-0.1, -0.05) is 23.8 Å². The van der Waals surface area contributed by atoms with Gasteiger partial charge in [0.05, 0.1) is 6.42 Å². The molecule has 3 heteroatoms. The van der Waals surface area contributed by atoms with Gasteiger partial charge in [-0.15, -0.1) is 0 Å². The molecule has 1 saturated carbocycles. The second-order valence-corrected chi connectivity index (χ2v) is 6.72. The lowest BCUT2D eigenvalue weighted by Gasteiger charge is -2.27. The van der Waals surface area contributed by atoms with Gasteiger partial charge in [0.25, 0.3) is 0 Å². The average Bonchev–Trinajstić information content (AvgIpc) is 2.44. The van der Waals surface area contributed by atoms with Crippen molar-refractivity contribution in [3.05, 3.63) is 41.0 Å². The summed E-state index contributed by atoms with van der Waals surface area (Å²) in [4.78, 5) is 12.2. The molecule has 0 aliphatic heterocycles. The van der Waals surface area contributed by atoms with E-state index in [0.29, 0.717) is 18.4 Å².